The molecule has 0 fully saturated rings. The van der Waals surface area contributed by atoms with Crippen LogP contribution < -0.4 is 5.32 Å². The first-order valence-electron chi connectivity index (χ1n) is 6.33. The maximum absolute atomic E-state index is 13.5. The first kappa shape index (κ1) is 13.3. The normalized spacial score (nSPS) is 17.2. The van der Waals surface area contributed by atoms with E-state index in [0.29, 0.717) is 22.8 Å². The van der Waals surface area contributed by atoms with Gasteiger partial charge in [0.1, 0.15) is 18.2 Å². The number of esters is 1. The van der Waals surface area contributed by atoms with Crippen LogP contribution in [0, 0.1) is 5.82 Å². The van der Waals surface area contributed by atoms with E-state index < -0.39 is 12.0 Å². The van der Waals surface area contributed by atoms with E-state index in [1.54, 1.807) is 19.1 Å². The van der Waals surface area contributed by atoms with Gasteiger partial charge in [-0.2, -0.15) is 10.1 Å². The van der Waals surface area contributed by atoms with Crippen molar-refractivity contribution in [1.82, 2.24) is 14.8 Å². The molecule has 0 unspecified atom stereocenters. The third-order valence-electron chi connectivity index (χ3n) is 3.36. The highest BCUT2D eigenvalue weighted by Crippen LogP contribution is 2.35. The molecule has 2 heterocycles. The van der Waals surface area contributed by atoms with Crippen LogP contribution in [0.5, 0.6) is 0 Å². The van der Waals surface area contributed by atoms with Gasteiger partial charge in [-0.1, -0.05) is 12.1 Å². The average Bonchev–Trinajstić information content (AvgIpc) is 2.92. The van der Waals surface area contributed by atoms with E-state index in [-0.39, 0.29) is 5.82 Å². The van der Waals surface area contributed by atoms with Crippen molar-refractivity contribution >= 4 is 11.9 Å². The summed E-state index contributed by atoms with van der Waals surface area (Å²) in [5.74, 6) is -0.376. The molecule has 0 aliphatic carbocycles. The number of halogens is 1. The molecule has 21 heavy (non-hydrogen) atoms. The lowest BCUT2D eigenvalue weighted by Crippen LogP contribution is -2.29. The van der Waals surface area contributed by atoms with Gasteiger partial charge in [0.05, 0.1) is 12.7 Å². The van der Waals surface area contributed by atoms with Crippen molar-refractivity contribution in [2.45, 2.75) is 13.0 Å². The van der Waals surface area contributed by atoms with E-state index in [2.05, 4.69) is 15.4 Å². The number of nitrogens with zero attached hydrogens (tertiary/aromatic N) is 3. The Morgan fingerprint density at radius 2 is 2.29 bits per heavy atom. The minimum atomic E-state index is -0.577. The van der Waals surface area contributed by atoms with Gasteiger partial charge in [0, 0.05) is 5.70 Å². The Balaban J connectivity index is 2.20. The maximum atomic E-state index is 13.5. The molecule has 0 radical (unpaired) electrons. The highest BCUT2D eigenvalue weighted by molar-refractivity contribution is 5.92. The predicted molar refractivity (Wildman–Crippen MR) is 72.9 cm³/mol. The Hall–Kier alpha value is -2.70. The molecule has 0 saturated heterocycles. The number of fused-ring (bicyclic) bond motifs is 1. The Bertz CT molecular complexity index is 738. The van der Waals surface area contributed by atoms with Gasteiger partial charge < -0.3 is 10.1 Å². The van der Waals surface area contributed by atoms with Crippen LogP contribution in [0.2, 0.25) is 0 Å². The molecule has 0 bridgehead atoms. The Kier molecular flexibility index (Phi) is 3.17. The fourth-order valence-electron chi connectivity index (χ4n) is 2.45. The maximum Gasteiger partial charge on any atom is 0.338 e. The number of rotatable bonds is 2. The van der Waals surface area contributed by atoms with Crippen molar-refractivity contribution in [2.75, 3.05) is 12.4 Å². The number of anilines is 1. The molecule has 7 heteroatoms. The van der Waals surface area contributed by atoms with Gasteiger partial charge in [-0.25, -0.2) is 13.9 Å². The average molecular weight is 288 g/mol. The van der Waals surface area contributed by atoms with Crippen molar-refractivity contribution in [3.63, 3.8) is 0 Å². The number of hydrogen-bond acceptors (Lipinski definition) is 5. The number of ether oxygens (including phenoxy) is 1. The van der Waals surface area contributed by atoms with Crippen LogP contribution in [0.4, 0.5) is 10.3 Å². The highest BCUT2D eigenvalue weighted by Gasteiger charge is 2.34. The molecule has 6 nitrogen and oxygen atoms in total. The molecule has 0 saturated carbocycles. The fraction of sp³-hybridized carbons (Fsp3) is 0.214. The first-order chi connectivity index (χ1) is 10.1. The quantitative estimate of drug-likeness (QED) is 0.854. The molecule has 108 valence electrons. The lowest BCUT2D eigenvalue weighted by molar-refractivity contribution is -0.136. The molecule has 2 aromatic rings. The van der Waals surface area contributed by atoms with Crippen LogP contribution >= 0.6 is 0 Å². The zero-order valence-corrected chi connectivity index (χ0v) is 11.5. The minimum Gasteiger partial charge on any atom is -0.466 e. The summed E-state index contributed by atoms with van der Waals surface area (Å²) < 4.78 is 19.9. The van der Waals surface area contributed by atoms with Gasteiger partial charge >= 0.3 is 5.97 Å². The number of carbonyl (C=O) groups is 1. The Morgan fingerprint density at radius 1 is 1.48 bits per heavy atom. The lowest BCUT2D eigenvalue weighted by atomic mass is 9.96. The molecule has 1 aliphatic rings. The van der Waals surface area contributed by atoms with E-state index >= 15 is 0 Å². The van der Waals surface area contributed by atoms with Crippen LogP contribution in [0.25, 0.3) is 0 Å². The van der Waals surface area contributed by atoms with Gasteiger partial charge in [0.25, 0.3) is 0 Å². The van der Waals surface area contributed by atoms with Gasteiger partial charge in [0.2, 0.25) is 5.95 Å². The lowest BCUT2D eigenvalue weighted by Gasteiger charge is -2.27. The summed E-state index contributed by atoms with van der Waals surface area (Å²) in [5.41, 5.74) is 1.58. The summed E-state index contributed by atoms with van der Waals surface area (Å²) in [4.78, 5) is 16.2. The zero-order chi connectivity index (χ0) is 15.0. The van der Waals surface area contributed by atoms with Crippen molar-refractivity contribution < 1.29 is 13.9 Å². The van der Waals surface area contributed by atoms with Crippen molar-refractivity contribution in [1.29, 1.82) is 0 Å². The number of nitrogens with one attached hydrogen (secondary N) is 1. The van der Waals surface area contributed by atoms with Crippen molar-refractivity contribution in [3.8, 4) is 0 Å². The van der Waals surface area contributed by atoms with Gasteiger partial charge in [-0.3, -0.25) is 0 Å². The predicted octanol–water partition coefficient (Wildman–Crippen LogP) is 1.88. The van der Waals surface area contributed by atoms with E-state index in [1.165, 1.54) is 30.3 Å². The number of methoxy groups -OCH3 is 1. The van der Waals surface area contributed by atoms with Gasteiger partial charge in [-0.15, -0.1) is 0 Å². The van der Waals surface area contributed by atoms with Crippen LogP contribution in [-0.4, -0.2) is 27.8 Å². The summed E-state index contributed by atoms with van der Waals surface area (Å²) in [6.45, 7) is 1.75. The summed E-state index contributed by atoms with van der Waals surface area (Å²) in [6.07, 6.45) is 1.38. The van der Waals surface area contributed by atoms with Gasteiger partial charge in [0.15, 0.2) is 0 Å². The second kappa shape index (κ2) is 5.01. The molecule has 1 aliphatic heterocycles. The second-order valence-electron chi connectivity index (χ2n) is 4.64. The molecule has 1 atom stereocenters. The molecule has 0 spiro atoms. The molecular formula is C14H13FN4O2. The van der Waals surface area contributed by atoms with Crippen LogP contribution in [0.1, 0.15) is 18.5 Å². The number of hydrogen-bond donors (Lipinski definition) is 1. The Labute approximate surface area is 120 Å². The van der Waals surface area contributed by atoms with E-state index in [1.807, 2.05) is 0 Å². The summed E-state index contributed by atoms with van der Waals surface area (Å²) in [7, 11) is 1.31. The second-order valence-corrected chi connectivity index (χ2v) is 4.64. The van der Waals surface area contributed by atoms with Crippen LogP contribution in [0.15, 0.2) is 41.9 Å². The highest BCUT2D eigenvalue weighted by atomic mass is 19.1. The van der Waals surface area contributed by atoms with Crippen molar-refractivity contribution in [2.24, 2.45) is 0 Å². The Morgan fingerprint density at radius 3 is 3.00 bits per heavy atom. The number of allylic oxidation sites excluding steroid dienone is 1. The fourth-order valence-corrected chi connectivity index (χ4v) is 2.45. The summed E-state index contributed by atoms with van der Waals surface area (Å²) >= 11 is 0. The standard InChI is InChI=1S/C14H13FN4O2/c1-8-11(13(20)21-2)12(9-4-3-5-10(15)6-9)19-14(18-8)16-7-17-19/h3-7,12H,1-2H3,(H,16,17,18)/t12-/m1/s1. The van der Waals surface area contributed by atoms with Gasteiger partial charge in [-0.05, 0) is 24.6 Å². The molecular weight excluding hydrogens is 275 g/mol. The topological polar surface area (TPSA) is 69.0 Å². The van der Waals surface area contributed by atoms with Crippen LogP contribution in [-0.2, 0) is 9.53 Å². The molecule has 1 N–H and O–H groups in total. The number of carbonyl (C=O) groups excluding carboxylic acids is 1. The molecule has 0 amide bonds. The zero-order valence-electron chi connectivity index (χ0n) is 11.5. The van der Waals surface area contributed by atoms with Crippen molar-refractivity contribution in [3.05, 3.63) is 53.2 Å². The van der Waals surface area contributed by atoms with E-state index in [0.717, 1.165) is 0 Å². The number of aromatic nitrogens is 3. The minimum absolute atomic E-state index is 0.376. The molecule has 3 rings (SSSR count). The van der Waals surface area contributed by atoms with E-state index in [9.17, 15) is 9.18 Å². The van der Waals surface area contributed by atoms with Crippen LogP contribution in [0.3, 0.4) is 0 Å². The monoisotopic (exact) mass is 288 g/mol. The molecule has 1 aromatic carbocycles. The first-order valence-corrected chi connectivity index (χ1v) is 6.33. The van der Waals surface area contributed by atoms with E-state index in [4.69, 9.17) is 4.74 Å². The third kappa shape index (κ3) is 2.16. The summed E-state index contributed by atoms with van der Waals surface area (Å²) in [5, 5.41) is 7.12. The largest absolute Gasteiger partial charge is 0.466 e. The number of benzene rings is 1. The molecule has 1 aromatic heterocycles. The summed E-state index contributed by atoms with van der Waals surface area (Å²) in [6, 6.07) is 5.47. The SMILES string of the molecule is COC(=O)C1=C(C)Nc2ncnn2[C@@H]1c1cccc(F)c1. The smallest absolute Gasteiger partial charge is 0.338 e. The third-order valence-corrected chi connectivity index (χ3v) is 3.36.